The van der Waals surface area contributed by atoms with Crippen molar-refractivity contribution < 1.29 is 17.7 Å². The summed E-state index contributed by atoms with van der Waals surface area (Å²) in [5.41, 5.74) is 0. The fourth-order valence-corrected chi connectivity index (χ4v) is 0.812. The highest BCUT2D eigenvalue weighted by atomic mass is 32.2. The molecule has 0 radical (unpaired) electrons. The van der Waals surface area contributed by atoms with E-state index in [2.05, 4.69) is 4.74 Å². The smallest absolute Gasteiger partial charge is 0.362 e. The predicted octanol–water partition coefficient (Wildman–Crippen LogP) is -0.450. The van der Waals surface area contributed by atoms with Crippen LogP contribution in [-0.2, 0) is 15.0 Å². The van der Waals surface area contributed by atoms with E-state index in [1.807, 2.05) is 0 Å². The Morgan fingerprint density at radius 3 is 2.56 bits per heavy atom. The van der Waals surface area contributed by atoms with E-state index in [9.17, 15) is 8.42 Å². The Labute approximate surface area is 52.4 Å². The molecule has 0 aromatic heterocycles. The predicted molar refractivity (Wildman–Crippen MR) is 28.5 cm³/mol. The van der Waals surface area contributed by atoms with Gasteiger partial charge in [-0.2, -0.15) is 8.42 Å². The normalized spacial score (nSPS) is 18.1. The van der Waals surface area contributed by atoms with Crippen molar-refractivity contribution >= 4 is 10.3 Å². The molecule has 0 bridgehead atoms. The summed E-state index contributed by atoms with van der Waals surface area (Å²) in [7, 11) is -4.08. The molecule has 5 nitrogen and oxygen atoms in total. The van der Waals surface area contributed by atoms with E-state index >= 15 is 0 Å². The van der Waals surface area contributed by atoms with Crippen molar-refractivity contribution in [1.82, 2.24) is 4.31 Å². The Balaban J connectivity index is 2.76. The molecule has 0 amide bonds. The van der Waals surface area contributed by atoms with Crippen molar-refractivity contribution in [2.75, 3.05) is 6.73 Å². The molecule has 0 aliphatic carbocycles. The van der Waals surface area contributed by atoms with Crippen LogP contribution < -0.4 is 0 Å². The zero-order valence-corrected chi connectivity index (χ0v) is 5.21. The summed E-state index contributed by atoms with van der Waals surface area (Å²) in [6, 6.07) is 0. The minimum absolute atomic E-state index is 0.140. The van der Waals surface area contributed by atoms with Crippen LogP contribution in [0.4, 0.5) is 0 Å². The quantitative estimate of drug-likeness (QED) is 0.515. The van der Waals surface area contributed by atoms with Gasteiger partial charge in [-0.1, -0.05) is 0 Å². The molecule has 6 heteroatoms. The zero-order chi connectivity index (χ0) is 6.91. The second-order valence-corrected chi connectivity index (χ2v) is 2.81. The molecular weight excluding hydrogens is 146 g/mol. The lowest BCUT2D eigenvalue weighted by atomic mass is 11.0. The topological polar surface area (TPSA) is 66.8 Å². The largest absolute Gasteiger partial charge is 0.478 e. The van der Waals surface area contributed by atoms with Gasteiger partial charge in [-0.3, -0.25) is 4.55 Å². The van der Waals surface area contributed by atoms with Crippen molar-refractivity contribution in [3.05, 3.63) is 12.5 Å². The molecular formula is C3H5NO4S. The van der Waals surface area contributed by atoms with E-state index in [-0.39, 0.29) is 6.73 Å². The van der Waals surface area contributed by atoms with Gasteiger partial charge in [0.1, 0.15) is 6.26 Å². The molecule has 0 aromatic rings. The minimum atomic E-state index is -4.08. The standard InChI is InChI=1S/C3H5NO4S/c5-9(6,7)4-1-2-8-3-4/h1-2H,3H2,(H,5,6,7). The Kier molecular flexibility index (Phi) is 1.34. The van der Waals surface area contributed by atoms with Gasteiger partial charge in [0.15, 0.2) is 6.73 Å². The Morgan fingerprint density at radius 1 is 1.67 bits per heavy atom. The fourth-order valence-electron chi connectivity index (χ4n) is 0.414. The monoisotopic (exact) mass is 151 g/mol. The van der Waals surface area contributed by atoms with Crippen LogP contribution in [0.15, 0.2) is 12.5 Å². The first-order valence-corrected chi connectivity index (χ1v) is 3.53. The molecule has 0 saturated carbocycles. The summed E-state index contributed by atoms with van der Waals surface area (Å²) in [5.74, 6) is 0. The molecule has 1 rings (SSSR count). The Morgan fingerprint density at radius 2 is 2.33 bits per heavy atom. The summed E-state index contributed by atoms with van der Waals surface area (Å²) in [6.45, 7) is -0.140. The highest BCUT2D eigenvalue weighted by molar-refractivity contribution is 7.83. The van der Waals surface area contributed by atoms with E-state index in [4.69, 9.17) is 4.55 Å². The first-order valence-electron chi connectivity index (χ1n) is 2.13. The first-order chi connectivity index (χ1) is 4.11. The molecule has 1 heterocycles. The van der Waals surface area contributed by atoms with Crippen molar-refractivity contribution in [1.29, 1.82) is 0 Å². The summed E-state index contributed by atoms with van der Waals surface area (Å²) in [5, 5.41) is 0. The van der Waals surface area contributed by atoms with Crippen molar-refractivity contribution in [2.24, 2.45) is 0 Å². The lowest BCUT2D eigenvalue weighted by Crippen LogP contribution is -2.23. The summed E-state index contributed by atoms with van der Waals surface area (Å²) < 4.78 is 33.8. The van der Waals surface area contributed by atoms with Gasteiger partial charge in [-0.15, -0.1) is 0 Å². The molecule has 0 fully saturated rings. The van der Waals surface area contributed by atoms with Crippen molar-refractivity contribution in [3.8, 4) is 0 Å². The van der Waals surface area contributed by atoms with Gasteiger partial charge >= 0.3 is 10.3 Å². The number of hydrogen-bond acceptors (Lipinski definition) is 3. The molecule has 0 atom stereocenters. The van der Waals surface area contributed by atoms with Crippen LogP contribution in [0, 0.1) is 0 Å². The van der Waals surface area contributed by atoms with E-state index in [0.717, 1.165) is 6.20 Å². The number of ether oxygens (including phenoxy) is 1. The van der Waals surface area contributed by atoms with Crippen LogP contribution in [0.1, 0.15) is 0 Å². The molecule has 1 aliphatic heterocycles. The number of nitrogens with zero attached hydrogens (tertiary/aromatic N) is 1. The summed E-state index contributed by atoms with van der Waals surface area (Å²) >= 11 is 0. The third kappa shape index (κ3) is 1.33. The Bertz CT molecular complexity index is 218. The Hall–Kier alpha value is -0.750. The highest BCUT2D eigenvalue weighted by Crippen LogP contribution is 2.04. The van der Waals surface area contributed by atoms with Crippen LogP contribution in [0.3, 0.4) is 0 Å². The fraction of sp³-hybridized carbons (Fsp3) is 0.333. The van der Waals surface area contributed by atoms with E-state index in [1.54, 1.807) is 0 Å². The second-order valence-electron chi connectivity index (χ2n) is 1.45. The first kappa shape index (κ1) is 6.37. The van der Waals surface area contributed by atoms with Gasteiger partial charge in [0, 0.05) is 0 Å². The maximum Gasteiger partial charge on any atom is 0.362 e. The van der Waals surface area contributed by atoms with Crippen LogP contribution in [0.25, 0.3) is 0 Å². The molecule has 1 aliphatic rings. The van der Waals surface area contributed by atoms with Gasteiger partial charge < -0.3 is 4.74 Å². The molecule has 0 unspecified atom stereocenters. The van der Waals surface area contributed by atoms with Crippen LogP contribution in [0.5, 0.6) is 0 Å². The average Bonchev–Trinajstić information content (AvgIpc) is 2.08. The zero-order valence-electron chi connectivity index (χ0n) is 4.39. The van der Waals surface area contributed by atoms with Crippen molar-refractivity contribution in [2.45, 2.75) is 0 Å². The number of rotatable bonds is 1. The van der Waals surface area contributed by atoms with Crippen LogP contribution >= 0.6 is 0 Å². The van der Waals surface area contributed by atoms with Gasteiger partial charge in [-0.25, -0.2) is 4.31 Å². The molecule has 52 valence electrons. The SMILES string of the molecule is O=S(=O)(O)N1C=COC1. The maximum absolute atomic E-state index is 10.2. The number of hydrogen-bond donors (Lipinski definition) is 1. The summed E-state index contributed by atoms with van der Waals surface area (Å²) in [6.07, 6.45) is 2.32. The van der Waals surface area contributed by atoms with Crippen molar-refractivity contribution in [3.63, 3.8) is 0 Å². The van der Waals surface area contributed by atoms with Crippen LogP contribution in [0.2, 0.25) is 0 Å². The van der Waals surface area contributed by atoms with E-state index in [0.29, 0.717) is 4.31 Å². The molecule has 0 aromatic carbocycles. The third-order valence-corrected chi connectivity index (χ3v) is 1.64. The lowest BCUT2D eigenvalue weighted by Gasteiger charge is -2.06. The highest BCUT2D eigenvalue weighted by Gasteiger charge is 2.17. The average molecular weight is 151 g/mol. The lowest BCUT2D eigenvalue weighted by molar-refractivity contribution is 0.212. The molecule has 0 spiro atoms. The third-order valence-electron chi connectivity index (χ3n) is 0.821. The van der Waals surface area contributed by atoms with E-state index < -0.39 is 10.3 Å². The van der Waals surface area contributed by atoms with Gasteiger partial charge in [0.25, 0.3) is 0 Å². The minimum Gasteiger partial charge on any atom is -0.478 e. The van der Waals surface area contributed by atoms with Gasteiger partial charge in [0.2, 0.25) is 0 Å². The van der Waals surface area contributed by atoms with E-state index in [1.165, 1.54) is 6.26 Å². The summed E-state index contributed by atoms with van der Waals surface area (Å²) in [4.78, 5) is 0. The molecule has 1 N–H and O–H groups in total. The molecule has 0 saturated heterocycles. The van der Waals surface area contributed by atoms with Crippen LogP contribution in [-0.4, -0.2) is 24.0 Å². The van der Waals surface area contributed by atoms with Gasteiger partial charge in [-0.05, 0) is 0 Å². The second kappa shape index (κ2) is 1.89. The maximum atomic E-state index is 10.2. The molecule has 9 heavy (non-hydrogen) atoms. The van der Waals surface area contributed by atoms with Gasteiger partial charge in [0.05, 0.1) is 6.20 Å².